The molecule has 0 aliphatic carbocycles. The van der Waals surface area contributed by atoms with Crippen LogP contribution in [0.4, 0.5) is 0 Å². The van der Waals surface area contributed by atoms with Crippen molar-refractivity contribution in [3.05, 3.63) is 115 Å². The van der Waals surface area contributed by atoms with E-state index in [9.17, 15) is 5.11 Å². The number of ether oxygens (including phenoxy) is 1. The number of benzene rings is 4. The summed E-state index contributed by atoms with van der Waals surface area (Å²) < 4.78 is 5.24. The lowest BCUT2D eigenvalue weighted by Gasteiger charge is -2.28. The zero-order valence-corrected chi connectivity index (χ0v) is 17.3. The normalized spacial score (nSPS) is 11.2. The minimum absolute atomic E-state index is 0.178. The third kappa shape index (κ3) is 3.77. The van der Waals surface area contributed by atoms with E-state index < -0.39 is 7.26 Å². The molecule has 0 heterocycles. The van der Waals surface area contributed by atoms with E-state index in [4.69, 9.17) is 4.74 Å². The highest BCUT2D eigenvalue weighted by Crippen LogP contribution is 2.58. The molecule has 4 aromatic rings. The Balaban J connectivity index is 1.96. The van der Waals surface area contributed by atoms with Gasteiger partial charge in [0.15, 0.2) is 11.5 Å². The van der Waals surface area contributed by atoms with E-state index in [0.717, 1.165) is 11.7 Å². The van der Waals surface area contributed by atoms with Gasteiger partial charge in [0, 0.05) is 0 Å². The lowest BCUT2D eigenvalue weighted by Crippen LogP contribution is -2.32. The molecule has 0 saturated carbocycles. The fourth-order valence-corrected chi connectivity index (χ4v) is 8.11. The molecule has 1 N–H and O–H groups in total. The Labute approximate surface area is 172 Å². The molecular weight excluding hydrogens is 375 g/mol. The molecule has 0 aliphatic heterocycles. The second kappa shape index (κ2) is 8.51. The molecule has 0 amide bonds. The number of hydrogen-bond donors (Lipinski definition) is 1. The molecule has 0 radical (unpaired) electrons. The molecule has 4 rings (SSSR count). The highest BCUT2D eigenvalue weighted by molar-refractivity contribution is 7.95. The van der Waals surface area contributed by atoms with Gasteiger partial charge in [0.05, 0.1) is 13.3 Å². The van der Waals surface area contributed by atoms with E-state index in [2.05, 4.69) is 97.1 Å². The summed E-state index contributed by atoms with van der Waals surface area (Å²) in [7, 11) is -0.397. The van der Waals surface area contributed by atoms with Crippen LogP contribution < -0.4 is 20.7 Å². The van der Waals surface area contributed by atoms with Crippen molar-refractivity contribution < 1.29 is 9.84 Å². The van der Waals surface area contributed by atoms with Crippen molar-refractivity contribution in [1.29, 1.82) is 0 Å². The van der Waals surface area contributed by atoms with Crippen LogP contribution in [0.5, 0.6) is 11.5 Å². The van der Waals surface area contributed by atoms with Gasteiger partial charge in [-0.15, -0.1) is 0 Å². The second-order valence-electron chi connectivity index (χ2n) is 6.98. The molecule has 0 bridgehead atoms. The zero-order chi connectivity index (χ0) is 20.1. The number of phenols is 1. The van der Waals surface area contributed by atoms with Crippen LogP contribution in [0.3, 0.4) is 0 Å². The Morgan fingerprint density at radius 2 is 1.10 bits per heavy atom. The molecule has 144 valence electrons. The molecule has 0 saturated heterocycles. The predicted molar refractivity (Wildman–Crippen MR) is 124 cm³/mol. The average Bonchev–Trinajstić information content (AvgIpc) is 2.79. The van der Waals surface area contributed by atoms with Crippen LogP contribution in [0, 0.1) is 0 Å². The topological polar surface area (TPSA) is 29.5 Å². The SMILES string of the molecule is COc1ccc(C[P+](c2ccccc2)(c2ccccc2)c2ccccc2)cc1O. The summed E-state index contributed by atoms with van der Waals surface area (Å²) in [6.45, 7) is 0. The molecule has 0 spiro atoms. The first-order valence-corrected chi connectivity index (χ1v) is 11.6. The summed E-state index contributed by atoms with van der Waals surface area (Å²) >= 11 is 0. The highest BCUT2D eigenvalue weighted by Gasteiger charge is 2.45. The van der Waals surface area contributed by atoms with Gasteiger partial charge in [-0.1, -0.05) is 60.7 Å². The van der Waals surface area contributed by atoms with Gasteiger partial charge in [-0.3, -0.25) is 0 Å². The minimum atomic E-state index is -1.97. The van der Waals surface area contributed by atoms with Crippen LogP contribution in [0.1, 0.15) is 5.56 Å². The van der Waals surface area contributed by atoms with Crippen LogP contribution in [0.15, 0.2) is 109 Å². The Morgan fingerprint density at radius 1 is 0.655 bits per heavy atom. The van der Waals surface area contributed by atoms with Gasteiger partial charge in [-0.2, -0.15) is 0 Å². The molecule has 0 unspecified atom stereocenters. The maximum atomic E-state index is 10.4. The van der Waals surface area contributed by atoms with Crippen molar-refractivity contribution in [2.45, 2.75) is 6.16 Å². The van der Waals surface area contributed by atoms with E-state index in [0.29, 0.717) is 5.75 Å². The summed E-state index contributed by atoms with van der Waals surface area (Å²) in [6.07, 6.45) is 0.822. The first-order chi connectivity index (χ1) is 14.2. The molecule has 0 aromatic heterocycles. The van der Waals surface area contributed by atoms with E-state index >= 15 is 0 Å². The molecule has 0 fully saturated rings. The first kappa shape index (κ1) is 19.2. The van der Waals surface area contributed by atoms with Crippen molar-refractivity contribution >= 4 is 23.2 Å². The average molecular weight is 399 g/mol. The van der Waals surface area contributed by atoms with E-state index in [1.165, 1.54) is 15.9 Å². The molecule has 0 aliphatic rings. The van der Waals surface area contributed by atoms with Gasteiger partial charge >= 0.3 is 0 Å². The smallest absolute Gasteiger partial charge is 0.160 e. The highest BCUT2D eigenvalue weighted by atomic mass is 31.2. The molecular formula is C26H24O2P+. The quantitative estimate of drug-likeness (QED) is 0.468. The standard InChI is InChI=1S/C26H23O2P/c1-28-26-18-17-21(19-25(26)27)20-29(22-11-5-2-6-12-22,23-13-7-3-8-14-23)24-15-9-4-10-16-24/h2-19H,20H2,1H3/p+1. The molecule has 2 nitrogen and oxygen atoms in total. The lowest BCUT2D eigenvalue weighted by atomic mass is 10.2. The third-order valence-electron chi connectivity index (χ3n) is 5.25. The van der Waals surface area contributed by atoms with Crippen molar-refractivity contribution in [3.63, 3.8) is 0 Å². The summed E-state index contributed by atoms with van der Waals surface area (Å²) in [6, 6.07) is 38.0. The van der Waals surface area contributed by atoms with E-state index in [1.807, 2.05) is 12.1 Å². The Morgan fingerprint density at radius 3 is 1.48 bits per heavy atom. The fraction of sp³-hybridized carbons (Fsp3) is 0.0769. The third-order valence-corrected chi connectivity index (χ3v) is 9.63. The van der Waals surface area contributed by atoms with E-state index in [1.54, 1.807) is 7.11 Å². The van der Waals surface area contributed by atoms with Gasteiger partial charge in [-0.25, -0.2) is 0 Å². The first-order valence-electron chi connectivity index (χ1n) is 9.65. The Hall–Kier alpha value is -3.09. The Kier molecular flexibility index (Phi) is 5.64. The van der Waals surface area contributed by atoms with Crippen LogP contribution >= 0.6 is 7.26 Å². The number of rotatable bonds is 6. The summed E-state index contributed by atoms with van der Waals surface area (Å²) in [5, 5.41) is 14.4. The molecule has 29 heavy (non-hydrogen) atoms. The van der Waals surface area contributed by atoms with Gasteiger partial charge in [0.25, 0.3) is 0 Å². The van der Waals surface area contributed by atoms with Crippen molar-refractivity contribution in [2.75, 3.05) is 7.11 Å². The summed E-state index contributed by atoms with van der Waals surface area (Å²) in [5.41, 5.74) is 1.09. The maximum absolute atomic E-state index is 10.4. The number of aromatic hydroxyl groups is 1. The number of hydrogen-bond acceptors (Lipinski definition) is 2. The Bertz CT molecular complexity index is 967. The van der Waals surface area contributed by atoms with Gasteiger partial charge < -0.3 is 9.84 Å². The largest absolute Gasteiger partial charge is 0.504 e. The maximum Gasteiger partial charge on any atom is 0.160 e. The van der Waals surface area contributed by atoms with Crippen molar-refractivity contribution in [3.8, 4) is 11.5 Å². The predicted octanol–water partition coefficient (Wildman–Crippen LogP) is 4.89. The molecule has 4 aromatic carbocycles. The van der Waals surface area contributed by atoms with Crippen molar-refractivity contribution in [1.82, 2.24) is 0 Å². The fourth-order valence-electron chi connectivity index (χ4n) is 3.88. The van der Waals surface area contributed by atoms with Crippen LogP contribution in [0.25, 0.3) is 0 Å². The van der Waals surface area contributed by atoms with Gasteiger partial charge in [-0.05, 0) is 54.1 Å². The van der Waals surface area contributed by atoms with Crippen LogP contribution in [0.2, 0.25) is 0 Å². The monoisotopic (exact) mass is 399 g/mol. The summed E-state index contributed by atoms with van der Waals surface area (Å²) in [4.78, 5) is 0. The van der Waals surface area contributed by atoms with E-state index in [-0.39, 0.29) is 5.75 Å². The molecule has 3 heteroatoms. The van der Waals surface area contributed by atoms with Crippen molar-refractivity contribution in [2.24, 2.45) is 0 Å². The number of phenolic OH excluding ortho intramolecular Hbond substituents is 1. The minimum Gasteiger partial charge on any atom is -0.504 e. The van der Waals surface area contributed by atoms with Gasteiger partial charge in [0.2, 0.25) is 0 Å². The number of methoxy groups -OCH3 is 1. The summed E-state index contributed by atoms with van der Waals surface area (Å²) in [5.74, 6) is 0.675. The lowest BCUT2D eigenvalue weighted by molar-refractivity contribution is 0.373. The van der Waals surface area contributed by atoms with Crippen LogP contribution in [-0.4, -0.2) is 12.2 Å². The van der Waals surface area contributed by atoms with Gasteiger partial charge in [0.1, 0.15) is 23.2 Å². The second-order valence-corrected chi connectivity index (χ2v) is 10.5. The van der Waals surface area contributed by atoms with Crippen LogP contribution in [-0.2, 0) is 6.16 Å². The molecule has 0 atom stereocenters. The zero-order valence-electron chi connectivity index (χ0n) is 16.4.